The quantitative estimate of drug-likeness (QED) is 0.272. The number of anilines is 2. The van der Waals surface area contributed by atoms with Gasteiger partial charge in [0, 0.05) is 54.2 Å². The number of likely N-dealkylation sites (tertiary alicyclic amines) is 1. The molecule has 0 radical (unpaired) electrons. The van der Waals surface area contributed by atoms with E-state index in [-0.39, 0.29) is 17.8 Å². The molecule has 210 valence electrons. The van der Waals surface area contributed by atoms with Gasteiger partial charge in [0.1, 0.15) is 5.82 Å². The molecule has 1 saturated heterocycles. The number of nitrogens with one attached hydrogen (secondary N) is 2. The third kappa shape index (κ3) is 5.83. The summed E-state index contributed by atoms with van der Waals surface area (Å²) in [4.78, 5) is 24.7. The van der Waals surface area contributed by atoms with E-state index in [2.05, 4.69) is 25.1 Å². The van der Waals surface area contributed by atoms with Crippen LogP contribution in [0.5, 0.6) is 0 Å². The Kier molecular flexibility index (Phi) is 7.57. The Bertz CT molecular complexity index is 1540. The molecule has 0 aliphatic carbocycles. The Labute approximate surface area is 231 Å². The molecule has 3 heterocycles. The Morgan fingerprint density at radius 1 is 1.18 bits per heavy atom. The third-order valence-corrected chi connectivity index (χ3v) is 7.48. The molecule has 1 fully saturated rings. The molecule has 0 unspecified atom stereocenters. The van der Waals surface area contributed by atoms with Crippen LogP contribution in [0.3, 0.4) is 0 Å². The number of nitrogens with two attached hydrogens (primary N) is 1. The van der Waals surface area contributed by atoms with Crippen molar-refractivity contribution in [2.24, 2.45) is 5.92 Å². The van der Waals surface area contributed by atoms with Crippen LogP contribution in [0, 0.1) is 12.8 Å². The van der Waals surface area contributed by atoms with Crippen LogP contribution < -0.4 is 11.1 Å². The van der Waals surface area contributed by atoms with Gasteiger partial charge in [0.25, 0.3) is 5.91 Å². The van der Waals surface area contributed by atoms with Gasteiger partial charge in [-0.15, -0.1) is 0 Å². The van der Waals surface area contributed by atoms with Crippen molar-refractivity contribution in [2.45, 2.75) is 26.1 Å². The summed E-state index contributed by atoms with van der Waals surface area (Å²) in [7, 11) is 4.01. The van der Waals surface area contributed by atoms with Gasteiger partial charge in [-0.3, -0.25) is 9.69 Å². The van der Waals surface area contributed by atoms with Gasteiger partial charge in [0.2, 0.25) is 0 Å². The van der Waals surface area contributed by atoms with E-state index in [1.165, 1.54) is 12.1 Å². The fraction of sp³-hybridized carbons (Fsp3) is 0.333. The van der Waals surface area contributed by atoms with E-state index >= 15 is 0 Å². The summed E-state index contributed by atoms with van der Waals surface area (Å²) in [6.45, 7) is 4.59. The van der Waals surface area contributed by atoms with E-state index in [4.69, 9.17) is 5.73 Å². The number of H-pyrrole nitrogens is 1. The van der Waals surface area contributed by atoms with Crippen molar-refractivity contribution in [3.05, 3.63) is 77.1 Å². The number of pyridine rings is 1. The molecule has 10 heteroatoms. The SMILES string of the molecule is Cc1ccc(C(=O)Nc2ccc(CN3CC[C@@H](CN(C)C)C3)c(C(F)(F)F)c2)cc1-c1cnc(N)c2[nH]ccc12. The highest BCUT2D eigenvalue weighted by Crippen LogP contribution is 2.36. The van der Waals surface area contributed by atoms with Crippen LogP contribution in [0.25, 0.3) is 22.0 Å². The number of rotatable bonds is 7. The maximum atomic E-state index is 14.1. The van der Waals surface area contributed by atoms with Crippen molar-refractivity contribution in [1.29, 1.82) is 0 Å². The molecule has 0 bridgehead atoms. The minimum atomic E-state index is -4.54. The van der Waals surface area contributed by atoms with Crippen LogP contribution >= 0.6 is 0 Å². The Morgan fingerprint density at radius 2 is 1.98 bits per heavy atom. The van der Waals surface area contributed by atoms with Crippen LogP contribution in [0.4, 0.5) is 24.7 Å². The van der Waals surface area contributed by atoms with E-state index in [1.54, 1.807) is 24.5 Å². The lowest BCUT2D eigenvalue weighted by molar-refractivity contribution is -0.138. The molecular weight excluding hydrogens is 517 g/mol. The molecule has 4 aromatic rings. The largest absolute Gasteiger partial charge is 0.416 e. The molecular formula is C30H33F3N6O. The van der Waals surface area contributed by atoms with E-state index in [0.717, 1.165) is 54.2 Å². The maximum Gasteiger partial charge on any atom is 0.416 e. The molecule has 40 heavy (non-hydrogen) atoms. The lowest BCUT2D eigenvalue weighted by atomic mass is 9.96. The first-order chi connectivity index (χ1) is 19.0. The van der Waals surface area contributed by atoms with Crippen LogP contribution in [-0.4, -0.2) is 59.4 Å². The predicted molar refractivity (Wildman–Crippen MR) is 152 cm³/mol. The summed E-state index contributed by atoms with van der Waals surface area (Å²) in [6, 6.07) is 11.1. The lowest BCUT2D eigenvalue weighted by Crippen LogP contribution is -2.26. The minimum absolute atomic E-state index is 0.0947. The monoisotopic (exact) mass is 550 g/mol. The second-order valence-electron chi connectivity index (χ2n) is 10.8. The second-order valence-corrected chi connectivity index (χ2v) is 10.8. The van der Waals surface area contributed by atoms with E-state index < -0.39 is 17.6 Å². The van der Waals surface area contributed by atoms with Crippen molar-refractivity contribution in [3.8, 4) is 11.1 Å². The van der Waals surface area contributed by atoms with Crippen LogP contribution in [-0.2, 0) is 12.7 Å². The number of amides is 1. The highest BCUT2D eigenvalue weighted by molar-refractivity contribution is 6.06. The van der Waals surface area contributed by atoms with Gasteiger partial charge in [0.15, 0.2) is 0 Å². The third-order valence-electron chi connectivity index (χ3n) is 7.48. The minimum Gasteiger partial charge on any atom is -0.382 e. The average molecular weight is 551 g/mol. The Morgan fingerprint density at radius 3 is 2.73 bits per heavy atom. The highest BCUT2D eigenvalue weighted by atomic mass is 19.4. The van der Waals surface area contributed by atoms with Crippen LogP contribution in [0.15, 0.2) is 54.9 Å². The molecule has 2 aromatic carbocycles. The average Bonchev–Trinajstić information content (AvgIpc) is 3.55. The summed E-state index contributed by atoms with van der Waals surface area (Å²) in [5.74, 6) is 0.318. The molecule has 2 aromatic heterocycles. The van der Waals surface area contributed by atoms with E-state index in [1.807, 2.05) is 33.2 Å². The molecule has 1 aliphatic heterocycles. The number of carbonyl (C=O) groups excluding carboxylic acids is 1. The highest BCUT2D eigenvalue weighted by Gasteiger charge is 2.35. The second kappa shape index (κ2) is 10.9. The number of carbonyl (C=O) groups is 1. The number of fused-ring (bicyclic) bond motifs is 1. The normalized spacial score (nSPS) is 16.2. The number of halogens is 3. The first kappa shape index (κ1) is 27.7. The van der Waals surface area contributed by atoms with Gasteiger partial charge in [0.05, 0.1) is 11.1 Å². The summed E-state index contributed by atoms with van der Waals surface area (Å²) in [5, 5.41) is 3.53. The van der Waals surface area contributed by atoms with Crippen LogP contribution in [0.1, 0.15) is 33.5 Å². The van der Waals surface area contributed by atoms with Crippen LogP contribution in [0.2, 0.25) is 0 Å². The van der Waals surface area contributed by atoms with Crippen molar-refractivity contribution >= 4 is 28.3 Å². The van der Waals surface area contributed by atoms with Crippen molar-refractivity contribution in [3.63, 3.8) is 0 Å². The zero-order chi connectivity index (χ0) is 28.6. The van der Waals surface area contributed by atoms with Gasteiger partial charge in [-0.2, -0.15) is 13.2 Å². The summed E-state index contributed by atoms with van der Waals surface area (Å²) in [6.07, 6.45) is -0.146. The van der Waals surface area contributed by atoms with Crippen molar-refractivity contribution in [1.82, 2.24) is 19.8 Å². The smallest absolute Gasteiger partial charge is 0.382 e. The van der Waals surface area contributed by atoms with Gasteiger partial charge in [-0.1, -0.05) is 12.1 Å². The zero-order valence-electron chi connectivity index (χ0n) is 22.8. The maximum absolute atomic E-state index is 14.1. The first-order valence-electron chi connectivity index (χ1n) is 13.2. The number of hydrogen-bond donors (Lipinski definition) is 3. The molecule has 1 aliphatic rings. The summed E-state index contributed by atoms with van der Waals surface area (Å²) >= 11 is 0. The Hall–Kier alpha value is -3.89. The number of aryl methyl sites for hydroxylation is 1. The lowest BCUT2D eigenvalue weighted by Gasteiger charge is -2.21. The molecule has 1 atom stereocenters. The zero-order valence-corrected chi connectivity index (χ0v) is 22.8. The predicted octanol–water partition coefficient (Wildman–Crippen LogP) is 5.78. The standard InChI is InChI=1S/C30H33F3N6O/c1-18-4-5-20(12-24(18)25-14-36-28(34)27-23(25)8-10-35-27)29(40)37-22-7-6-21(26(13-22)30(31,32)33)17-39-11-9-19(16-39)15-38(2)3/h4-8,10,12-14,19,35H,9,11,15-17H2,1-3H3,(H2,34,36)(H,37,40)/t19-/m0/s1. The Balaban J connectivity index is 1.37. The molecule has 0 saturated carbocycles. The number of aromatic amines is 1. The van der Waals surface area contributed by atoms with Gasteiger partial charge < -0.3 is 20.9 Å². The number of hydrogen-bond acceptors (Lipinski definition) is 5. The molecule has 0 spiro atoms. The fourth-order valence-corrected chi connectivity index (χ4v) is 5.56. The number of nitrogens with zero attached hydrogens (tertiary/aromatic N) is 3. The van der Waals surface area contributed by atoms with Gasteiger partial charge in [-0.25, -0.2) is 4.98 Å². The van der Waals surface area contributed by atoms with Gasteiger partial charge in [-0.05, 0) is 86.9 Å². The van der Waals surface area contributed by atoms with Gasteiger partial charge >= 0.3 is 6.18 Å². The summed E-state index contributed by atoms with van der Waals surface area (Å²) in [5.41, 5.74) is 9.09. The topological polar surface area (TPSA) is 90.3 Å². The van der Waals surface area contributed by atoms with Crippen molar-refractivity contribution < 1.29 is 18.0 Å². The molecule has 7 nitrogen and oxygen atoms in total. The molecule has 1 amide bonds. The molecule has 5 rings (SSSR count). The van der Waals surface area contributed by atoms with E-state index in [0.29, 0.717) is 22.8 Å². The molecule has 4 N–H and O–H groups in total. The van der Waals surface area contributed by atoms with Crippen molar-refractivity contribution in [2.75, 3.05) is 44.8 Å². The van der Waals surface area contributed by atoms with E-state index in [9.17, 15) is 18.0 Å². The number of nitrogen functional groups attached to an aromatic ring is 1. The number of benzene rings is 2. The number of aromatic nitrogens is 2. The fourth-order valence-electron chi connectivity index (χ4n) is 5.56. The number of alkyl halides is 3. The first-order valence-corrected chi connectivity index (χ1v) is 13.2. The summed E-state index contributed by atoms with van der Waals surface area (Å²) < 4.78 is 42.2.